The molecule has 6 nitrogen and oxygen atoms in total. The molecule has 1 N–H and O–H groups in total. The van der Waals surface area contributed by atoms with E-state index in [1.54, 1.807) is 6.07 Å². The third-order valence-electron chi connectivity index (χ3n) is 5.56. The number of benzene rings is 1. The monoisotopic (exact) mass is 383 g/mol. The van der Waals surface area contributed by atoms with Crippen molar-refractivity contribution in [1.82, 2.24) is 9.47 Å². The number of likely N-dealkylation sites (tertiary alicyclic amines) is 1. The molecular formula is C20H21N3O3S. The van der Waals surface area contributed by atoms with E-state index in [1.165, 1.54) is 0 Å². The number of rotatable bonds is 1. The lowest BCUT2D eigenvalue weighted by molar-refractivity contribution is 0.171. The van der Waals surface area contributed by atoms with Crippen LogP contribution >= 0.6 is 12.2 Å². The van der Waals surface area contributed by atoms with Crippen molar-refractivity contribution in [2.45, 2.75) is 18.9 Å². The molecular weight excluding hydrogens is 362 g/mol. The van der Waals surface area contributed by atoms with Gasteiger partial charge in [0.1, 0.15) is 13.2 Å². The largest absolute Gasteiger partial charge is 0.486 e. The number of hydrogen-bond donors (Lipinski definition) is 1. The Morgan fingerprint density at radius 2 is 1.93 bits per heavy atom. The van der Waals surface area contributed by atoms with E-state index < -0.39 is 0 Å². The number of hydrogen-bond acceptors (Lipinski definition) is 4. The SMILES string of the molecule is O=c1cccc2n1C[C@H]1C[C@H]2CN(C(=S)Nc2ccc3c(c2)OCCO3)C1. The Morgan fingerprint density at radius 3 is 2.81 bits per heavy atom. The number of nitrogens with one attached hydrogen (secondary N) is 1. The van der Waals surface area contributed by atoms with Gasteiger partial charge in [-0.3, -0.25) is 4.79 Å². The molecule has 2 atom stereocenters. The van der Waals surface area contributed by atoms with E-state index in [-0.39, 0.29) is 5.56 Å². The molecule has 27 heavy (non-hydrogen) atoms. The minimum absolute atomic E-state index is 0.104. The van der Waals surface area contributed by atoms with E-state index in [2.05, 4.69) is 16.3 Å². The summed E-state index contributed by atoms with van der Waals surface area (Å²) >= 11 is 5.69. The molecule has 4 heterocycles. The van der Waals surface area contributed by atoms with Crippen LogP contribution in [0.2, 0.25) is 0 Å². The fourth-order valence-electron chi connectivity index (χ4n) is 4.39. The first kappa shape index (κ1) is 16.6. The van der Waals surface area contributed by atoms with E-state index in [9.17, 15) is 4.79 Å². The summed E-state index contributed by atoms with van der Waals surface area (Å²) in [6.07, 6.45) is 1.12. The van der Waals surface area contributed by atoms with Gasteiger partial charge in [0.25, 0.3) is 5.56 Å². The van der Waals surface area contributed by atoms with E-state index in [0.29, 0.717) is 30.2 Å². The molecule has 0 unspecified atom stereocenters. The van der Waals surface area contributed by atoms with Crippen LogP contribution in [0.25, 0.3) is 0 Å². The number of aromatic nitrogens is 1. The number of ether oxygens (including phenoxy) is 2. The van der Waals surface area contributed by atoms with Crippen molar-refractivity contribution in [3.63, 3.8) is 0 Å². The number of anilines is 1. The summed E-state index contributed by atoms with van der Waals surface area (Å²) in [4.78, 5) is 14.4. The van der Waals surface area contributed by atoms with E-state index in [0.717, 1.165) is 48.9 Å². The Balaban J connectivity index is 1.33. The second-order valence-electron chi connectivity index (χ2n) is 7.39. The highest BCUT2D eigenvalue weighted by Gasteiger charge is 2.35. The lowest BCUT2D eigenvalue weighted by Crippen LogP contribution is -2.50. The van der Waals surface area contributed by atoms with Crippen molar-refractivity contribution in [2.24, 2.45) is 5.92 Å². The van der Waals surface area contributed by atoms with Gasteiger partial charge in [-0.15, -0.1) is 0 Å². The summed E-state index contributed by atoms with van der Waals surface area (Å²) in [5, 5.41) is 4.06. The maximum absolute atomic E-state index is 12.2. The first-order valence-electron chi connectivity index (χ1n) is 9.33. The van der Waals surface area contributed by atoms with Gasteiger partial charge < -0.3 is 24.3 Å². The van der Waals surface area contributed by atoms with Gasteiger partial charge in [-0.1, -0.05) is 6.07 Å². The highest BCUT2D eigenvalue weighted by Crippen LogP contribution is 2.36. The predicted octanol–water partition coefficient (Wildman–Crippen LogP) is 2.44. The first-order chi connectivity index (χ1) is 13.2. The van der Waals surface area contributed by atoms with Crippen LogP contribution in [-0.4, -0.2) is 40.9 Å². The molecule has 2 bridgehead atoms. The average molecular weight is 383 g/mol. The Morgan fingerprint density at radius 1 is 1.07 bits per heavy atom. The van der Waals surface area contributed by atoms with Crippen LogP contribution in [-0.2, 0) is 6.54 Å². The number of piperidine rings is 1. The molecule has 2 aromatic rings. The zero-order valence-corrected chi connectivity index (χ0v) is 15.7. The summed E-state index contributed by atoms with van der Waals surface area (Å²) in [6, 6.07) is 11.4. The van der Waals surface area contributed by atoms with Crippen LogP contribution in [0, 0.1) is 5.92 Å². The molecule has 3 aliphatic heterocycles. The summed E-state index contributed by atoms with van der Waals surface area (Å²) in [5.74, 6) is 2.30. The molecule has 0 spiro atoms. The molecule has 1 aromatic carbocycles. The van der Waals surface area contributed by atoms with Crippen LogP contribution in [0.4, 0.5) is 5.69 Å². The molecule has 1 fully saturated rings. The van der Waals surface area contributed by atoms with Crippen LogP contribution in [0.3, 0.4) is 0 Å². The topological polar surface area (TPSA) is 55.7 Å². The number of thiocarbonyl (C=S) groups is 1. The summed E-state index contributed by atoms with van der Waals surface area (Å²) in [7, 11) is 0. The second kappa shape index (κ2) is 6.56. The van der Waals surface area contributed by atoms with E-state index in [1.807, 2.05) is 28.8 Å². The molecule has 0 aliphatic carbocycles. The Kier molecular flexibility index (Phi) is 4.04. The second-order valence-corrected chi connectivity index (χ2v) is 7.78. The standard InChI is InChI=1S/C20H21N3O3S/c24-19-3-1-2-16-14-8-13(11-23(16)19)10-22(12-14)20(27)21-15-4-5-17-18(9-15)26-7-6-25-17/h1-5,9,13-14H,6-8,10-12H2,(H,21,27)/t13-,14-/m0/s1. The van der Waals surface area contributed by atoms with Gasteiger partial charge in [-0.05, 0) is 42.8 Å². The van der Waals surface area contributed by atoms with Crippen molar-refractivity contribution in [1.29, 1.82) is 0 Å². The molecule has 3 aliphatic rings. The summed E-state index contributed by atoms with van der Waals surface area (Å²) in [5.41, 5.74) is 2.13. The summed E-state index contributed by atoms with van der Waals surface area (Å²) in [6.45, 7) is 3.62. The quantitative estimate of drug-likeness (QED) is 0.764. The lowest BCUT2D eigenvalue weighted by Gasteiger charge is -2.43. The predicted molar refractivity (Wildman–Crippen MR) is 107 cm³/mol. The molecule has 5 rings (SSSR count). The zero-order valence-electron chi connectivity index (χ0n) is 14.9. The van der Waals surface area contributed by atoms with Gasteiger partial charge in [-0.25, -0.2) is 0 Å². The molecule has 1 saturated heterocycles. The van der Waals surface area contributed by atoms with Crippen molar-refractivity contribution in [3.8, 4) is 11.5 Å². The minimum atomic E-state index is 0.104. The smallest absolute Gasteiger partial charge is 0.250 e. The fraction of sp³-hybridized carbons (Fsp3) is 0.400. The van der Waals surface area contributed by atoms with Crippen molar-refractivity contribution < 1.29 is 9.47 Å². The maximum Gasteiger partial charge on any atom is 0.250 e. The van der Waals surface area contributed by atoms with Crippen molar-refractivity contribution >= 4 is 23.0 Å². The van der Waals surface area contributed by atoms with Crippen LogP contribution in [0.5, 0.6) is 11.5 Å². The zero-order chi connectivity index (χ0) is 18.4. The van der Waals surface area contributed by atoms with Crippen molar-refractivity contribution in [2.75, 3.05) is 31.6 Å². The maximum atomic E-state index is 12.2. The highest BCUT2D eigenvalue weighted by atomic mass is 32.1. The number of pyridine rings is 1. The molecule has 0 saturated carbocycles. The van der Waals surface area contributed by atoms with Gasteiger partial charge in [0, 0.05) is 49.1 Å². The van der Waals surface area contributed by atoms with Gasteiger partial charge in [0.2, 0.25) is 0 Å². The minimum Gasteiger partial charge on any atom is -0.486 e. The molecule has 140 valence electrons. The van der Waals surface area contributed by atoms with Gasteiger partial charge in [0.05, 0.1) is 0 Å². The molecule has 0 amide bonds. The highest BCUT2D eigenvalue weighted by molar-refractivity contribution is 7.80. The normalized spacial score (nSPS) is 22.7. The molecule has 7 heteroatoms. The third kappa shape index (κ3) is 3.06. The lowest BCUT2D eigenvalue weighted by atomic mass is 9.83. The van der Waals surface area contributed by atoms with Crippen molar-refractivity contribution in [3.05, 3.63) is 52.4 Å². The Bertz CT molecular complexity index is 958. The molecule has 0 radical (unpaired) electrons. The average Bonchev–Trinajstić information content (AvgIpc) is 2.68. The van der Waals surface area contributed by atoms with Crippen LogP contribution in [0.1, 0.15) is 18.0 Å². The number of nitrogens with zero attached hydrogens (tertiary/aromatic N) is 2. The Hall–Kier alpha value is -2.54. The van der Waals surface area contributed by atoms with Gasteiger partial charge >= 0.3 is 0 Å². The van der Waals surface area contributed by atoms with Gasteiger partial charge in [0.15, 0.2) is 16.6 Å². The van der Waals surface area contributed by atoms with Crippen LogP contribution < -0.4 is 20.3 Å². The first-order valence-corrected chi connectivity index (χ1v) is 9.73. The van der Waals surface area contributed by atoms with Gasteiger partial charge in [-0.2, -0.15) is 0 Å². The van der Waals surface area contributed by atoms with Crippen LogP contribution in [0.15, 0.2) is 41.2 Å². The summed E-state index contributed by atoms with van der Waals surface area (Å²) < 4.78 is 13.2. The Labute approximate surface area is 162 Å². The fourth-order valence-corrected chi connectivity index (χ4v) is 4.65. The molecule has 1 aromatic heterocycles. The van der Waals surface area contributed by atoms with E-state index >= 15 is 0 Å². The third-order valence-corrected chi connectivity index (χ3v) is 5.92. The van der Waals surface area contributed by atoms with E-state index in [4.69, 9.17) is 21.7 Å². The number of fused-ring (bicyclic) bond motifs is 5.